The number of carbonyl (C=O) groups is 2. The molecule has 1 aromatic rings. The molecule has 0 heterocycles. The molecule has 0 fully saturated rings. The second kappa shape index (κ2) is 5.64. The van der Waals surface area contributed by atoms with E-state index in [2.05, 4.69) is 0 Å². The van der Waals surface area contributed by atoms with Gasteiger partial charge in [-0.05, 0) is 19.1 Å². The smallest absolute Gasteiger partial charge is 0.394 e. The van der Waals surface area contributed by atoms with Crippen LogP contribution in [0.25, 0.3) is 0 Å². The summed E-state index contributed by atoms with van der Waals surface area (Å²) in [6.45, 7) is 2.16. The molecule has 2 N–H and O–H groups in total. The van der Waals surface area contributed by atoms with Crippen LogP contribution in [0, 0.1) is 0 Å². The maximum absolute atomic E-state index is 11.5. The number of carbonyl (C=O) groups excluding carboxylic acids is 1. The summed E-state index contributed by atoms with van der Waals surface area (Å²) in [6.07, 6.45) is 0. The fourth-order valence-corrected chi connectivity index (χ4v) is 1.11. The van der Waals surface area contributed by atoms with Crippen molar-refractivity contribution in [3.8, 4) is 5.75 Å². The predicted octanol–water partition coefficient (Wildman–Crippen LogP) is 0.469. The molecule has 0 aliphatic heterocycles. The largest absolute Gasteiger partial charge is 0.494 e. The van der Waals surface area contributed by atoms with Crippen molar-refractivity contribution in [3.63, 3.8) is 0 Å². The van der Waals surface area contributed by atoms with Crippen molar-refractivity contribution in [2.75, 3.05) is 11.9 Å². The molecule has 0 spiro atoms. The van der Waals surface area contributed by atoms with Gasteiger partial charge in [0.05, 0.1) is 12.3 Å². The highest BCUT2D eigenvalue weighted by molar-refractivity contribution is 6.36. The van der Waals surface area contributed by atoms with Gasteiger partial charge in [-0.15, -0.1) is 0 Å². The summed E-state index contributed by atoms with van der Waals surface area (Å²) in [5.41, 5.74) is -0.628. The van der Waals surface area contributed by atoms with Crippen LogP contribution >= 0.6 is 0 Å². The van der Waals surface area contributed by atoms with Gasteiger partial charge < -0.3 is 15.2 Å². The number of nitrogens with one attached hydrogen (secondary N) is 1. The predicted molar refractivity (Wildman–Crippen MR) is 60.1 cm³/mol. The summed E-state index contributed by atoms with van der Waals surface area (Å²) in [4.78, 5) is 32.8. The van der Waals surface area contributed by atoms with Gasteiger partial charge in [0.25, 0.3) is 0 Å². The highest BCUT2D eigenvalue weighted by Gasteiger charge is 2.12. The van der Waals surface area contributed by atoms with Crippen molar-refractivity contribution in [2.24, 2.45) is 0 Å². The van der Waals surface area contributed by atoms with Crippen LogP contribution < -0.4 is 15.5 Å². The van der Waals surface area contributed by atoms with E-state index < -0.39 is 17.3 Å². The topological polar surface area (TPSA) is 92.7 Å². The highest BCUT2D eigenvalue weighted by atomic mass is 16.5. The Bertz CT molecular complexity index is 497. The van der Waals surface area contributed by atoms with Crippen LogP contribution in [0.1, 0.15) is 6.92 Å². The van der Waals surface area contributed by atoms with E-state index in [1.54, 1.807) is 13.0 Å². The van der Waals surface area contributed by atoms with Crippen molar-refractivity contribution in [3.05, 3.63) is 34.5 Å². The summed E-state index contributed by atoms with van der Waals surface area (Å²) in [6, 6.07) is 5.50. The Morgan fingerprint density at radius 1 is 1.41 bits per heavy atom. The van der Waals surface area contributed by atoms with E-state index in [-0.39, 0.29) is 5.69 Å². The van der Waals surface area contributed by atoms with Gasteiger partial charge in [-0.3, -0.25) is 9.59 Å². The molecule has 0 saturated carbocycles. The molecule has 90 valence electrons. The molecule has 17 heavy (non-hydrogen) atoms. The molecule has 0 aliphatic carbocycles. The molecule has 0 aromatic heterocycles. The molecule has 0 radical (unpaired) electrons. The third kappa shape index (κ3) is 3.60. The zero-order valence-electron chi connectivity index (χ0n) is 9.10. The normalized spacial score (nSPS) is 9.47. The first kappa shape index (κ1) is 12.7. The number of carboxylic acid groups (broad SMARTS) is 1. The van der Waals surface area contributed by atoms with E-state index in [1.807, 2.05) is 5.32 Å². The van der Waals surface area contributed by atoms with Crippen LogP contribution in [-0.4, -0.2) is 23.6 Å². The van der Waals surface area contributed by atoms with Crippen LogP contribution in [0.5, 0.6) is 5.75 Å². The Labute approximate surface area is 96.8 Å². The first-order chi connectivity index (χ1) is 8.04. The zero-order valence-corrected chi connectivity index (χ0v) is 9.10. The van der Waals surface area contributed by atoms with E-state index in [0.717, 1.165) is 0 Å². The van der Waals surface area contributed by atoms with Gasteiger partial charge in [0.15, 0.2) is 0 Å². The Hall–Kier alpha value is -2.37. The summed E-state index contributed by atoms with van der Waals surface area (Å²) in [5.74, 6) is -2.56. The van der Waals surface area contributed by atoms with Crippen molar-refractivity contribution < 1.29 is 19.4 Å². The van der Waals surface area contributed by atoms with E-state index in [1.165, 1.54) is 18.2 Å². The molecule has 0 atom stereocenters. The minimum atomic E-state index is -1.66. The highest BCUT2D eigenvalue weighted by Crippen LogP contribution is 2.12. The molecule has 1 amide bonds. The Morgan fingerprint density at radius 3 is 2.71 bits per heavy atom. The Balaban J connectivity index is 3.10. The number of rotatable bonds is 3. The minimum absolute atomic E-state index is 0.133. The summed E-state index contributed by atoms with van der Waals surface area (Å²) in [5, 5.41) is 10.4. The standard InChI is InChI=1S/C11H11NO5/c1-2-17-7-4-3-5-9(13)8(6-7)12-10(14)11(15)16/h3-6H,2H2,1H3,(H,15,16)(H,12,13,14). The molecule has 6 heteroatoms. The van der Waals surface area contributed by atoms with Crippen molar-refractivity contribution in [2.45, 2.75) is 6.92 Å². The zero-order chi connectivity index (χ0) is 12.8. The number of amides is 1. The van der Waals surface area contributed by atoms with Gasteiger partial charge in [-0.1, -0.05) is 6.07 Å². The fourth-order valence-electron chi connectivity index (χ4n) is 1.11. The quantitative estimate of drug-likeness (QED) is 0.745. The Morgan fingerprint density at radius 2 is 2.12 bits per heavy atom. The lowest BCUT2D eigenvalue weighted by Gasteiger charge is -2.01. The lowest BCUT2D eigenvalue weighted by Crippen LogP contribution is -2.24. The molecule has 6 nitrogen and oxygen atoms in total. The van der Waals surface area contributed by atoms with Crippen molar-refractivity contribution in [1.82, 2.24) is 0 Å². The second-order valence-electron chi connectivity index (χ2n) is 3.04. The van der Waals surface area contributed by atoms with Crippen LogP contribution in [0.15, 0.2) is 29.1 Å². The van der Waals surface area contributed by atoms with E-state index in [0.29, 0.717) is 12.4 Å². The molecule has 0 saturated heterocycles. The minimum Gasteiger partial charge on any atom is -0.494 e. The molecule has 0 aliphatic rings. The molecule has 0 bridgehead atoms. The fraction of sp³-hybridized carbons (Fsp3) is 0.182. The average Bonchev–Trinajstić information content (AvgIpc) is 2.42. The first-order valence-electron chi connectivity index (χ1n) is 4.86. The van der Waals surface area contributed by atoms with Crippen LogP contribution in [-0.2, 0) is 9.59 Å². The van der Waals surface area contributed by atoms with Gasteiger partial charge in [-0.2, -0.15) is 0 Å². The number of hydrogen-bond acceptors (Lipinski definition) is 4. The van der Waals surface area contributed by atoms with Gasteiger partial charge in [0.2, 0.25) is 5.43 Å². The van der Waals surface area contributed by atoms with Crippen LogP contribution in [0.3, 0.4) is 0 Å². The van der Waals surface area contributed by atoms with Gasteiger partial charge >= 0.3 is 11.9 Å². The van der Waals surface area contributed by atoms with Gasteiger partial charge in [0.1, 0.15) is 5.75 Å². The third-order valence-corrected chi connectivity index (χ3v) is 1.81. The first-order valence-corrected chi connectivity index (χ1v) is 4.86. The maximum Gasteiger partial charge on any atom is 0.394 e. The number of anilines is 1. The summed E-state index contributed by atoms with van der Waals surface area (Å²) >= 11 is 0. The van der Waals surface area contributed by atoms with Gasteiger partial charge in [0, 0.05) is 6.07 Å². The van der Waals surface area contributed by atoms with Crippen molar-refractivity contribution in [1.29, 1.82) is 0 Å². The van der Waals surface area contributed by atoms with Gasteiger partial charge in [-0.25, -0.2) is 4.79 Å². The van der Waals surface area contributed by atoms with E-state index >= 15 is 0 Å². The van der Waals surface area contributed by atoms with Crippen LogP contribution in [0.4, 0.5) is 5.69 Å². The second-order valence-corrected chi connectivity index (χ2v) is 3.04. The molecule has 0 unspecified atom stereocenters. The third-order valence-electron chi connectivity index (χ3n) is 1.81. The number of hydrogen-bond donors (Lipinski definition) is 2. The van der Waals surface area contributed by atoms with Crippen LogP contribution in [0.2, 0.25) is 0 Å². The lowest BCUT2D eigenvalue weighted by molar-refractivity contribution is -0.147. The average molecular weight is 237 g/mol. The maximum atomic E-state index is 11.5. The molecule has 1 aromatic carbocycles. The van der Waals surface area contributed by atoms with E-state index in [4.69, 9.17) is 9.84 Å². The molecular weight excluding hydrogens is 226 g/mol. The number of aliphatic carboxylic acids is 1. The van der Waals surface area contributed by atoms with Crippen molar-refractivity contribution >= 4 is 17.6 Å². The SMILES string of the molecule is CCOc1cccc(=O)c(NC(=O)C(=O)O)c1. The summed E-state index contributed by atoms with van der Waals surface area (Å²) in [7, 11) is 0. The molecule has 1 rings (SSSR count). The number of ether oxygens (including phenoxy) is 1. The number of carboxylic acids is 1. The Kier molecular flexibility index (Phi) is 4.21. The van der Waals surface area contributed by atoms with E-state index in [9.17, 15) is 14.4 Å². The monoisotopic (exact) mass is 237 g/mol. The molecular formula is C11H11NO5. The lowest BCUT2D eigenvalue weighted by atomic mass is 10.4. The summed E-state index contributed by atoms with van der Waals surface area (Å²) < 4.78 is 5.17.